The first-order chi connectivity index (χ1) is 16.6. The number of ether oxygens (including phenoxy) is 2. The van der Waals surface area contributed by atoms with Gasteiger partial charge in [0.1, 0.15) is 24.8 Å². The Kier molecular flexibility index (Phi) is 8.01. The molecule has 2 aromatic rings. The van der Waals surface area contributed by atoms with Gasteiger partial charge in [-0.25, -0.2) is 9.59 Å². The second-order valence-corrected chi connectivity index (χ2v) is 9.10. The van der Waals surface area contributed by atoms with Gasteiger partial charge < -0.3 is 25.3 Å². The molecule has 1 aliphatic rings. The summed E-state index contributed by atoms with van der Waals surface area (Å²) in [7, 11) is 0. The van der Waals surface area contributed by atoms with Gasteiger partial charge in [0.2, 0.25) is 0 Å². The highest BCUT2D eigenvalue weighted by Crippen LogP contribution is 2.44. The standard InChI is InChI=1S/C26H29N3O6/c1-26(2,3)35-23(30)14-28-16(13-27)12-22(24(31)32)29-25(33)34-15-21-19-10-6-4-8-17(19)18-9-5-7-11-20(18)21/h4-11,13,21-22,27H,12,14-15H2,1-3H3,(H,29,33)(H,31,32)/t22-/m1/s1. The molecule has 0 unspecified atom stereocenters. The number of amides is 1. The molecule has 1 atom stereocenters. The first kappa shape index (κ1) is 25.6. The quantitative estimate of drug-likeness (QED) is 0.369. The van der Waals surface area contributed by atoms with Crippen LogP contribution in [-0.4, -0.2) is 59.9 Å². The van der Waals surface area contributed by atoms with E-state index in [4.69, 9.17) is 14.9 Å². The zero-order chi connectivity index (χ0) is 25.6. The molecule has 0 heterocycles. The number of rotatable bonds is 9. The van der Waals surface area contributed by atoms with Crippen LogP contribution in [-0.2, 0) is 19.1 Å². The summed E-state index contributed by atoms with van der Waals surface area (Å²) in [5, 5.41) is 19.4. The summed E-state index contributed by atoms with van der Waals surface area (Å²) in [6.07, 6.45) is -0.332. The molecule has 0 saturated heterocycles. The zero-order valence-corrected chi connectivity index (χ0v) is 19.9. The fraction of sp³-hybridized carbons (Fsp3) is 0.346. The van der Waals surface area contributed by atoms with E-state index in [1.54, 1.807) is 20.8 Å². The van der Waals surface area contributed by atoms with Crippen molar-refractivity contribution in [1.29, 1.82) is 5.41 Å². The lowest BCUT2D eigenvalue weighted by Crippen LogP contribution is -2.43. The summed E-state index contributed by atoms with van der Waals surface area (Å²) in [5.74, 6) is -2.08. The van der Waals surface area contributed by atoms with Crippen LogP contribution >= 0.6 is 0 Å². The van der Waals surface area contributed by atoms with E-state index >= 15 is 0 Å². The highest BCUT2D eigenvalue weighted by atomic mass is 16.6. The van der Waals surface area contributed by atoms with Crippen LogP contribution in [0.5, 0.6) is 0 Å². The van der Waals surface area contributed by atoms with Gasteiger partial charge in [-0.05, 0) is 43.0 Å². The third kappa shape index (κ3) is 6.75. The Hall–Kier alpha value is -4.01. The van der Waals surface area contributed by atoms with Crippen LogP contribution in [0.3, 0.4) is 0 Å². The van der Waals surface area contributed by atoms with E-state index in [-0.39, 0.29) is 31.2 Å². The number of fused-ring (bicyclic) bond motifs is 3. The Morgan fingerprint density at radius 3 is 2.17 bits per heavy atom. The molecule has 1 amide bonds. The average molecular weight is 480 g/mol. The maximum Gasteiger partial charge on any atom is 0.407 e. The van der Waals surface area contributed by atoms with Gasteiger partial charge in [0.25, 0.3) is 0 Å². The minimum absolute atomic E-state index is 0.0298. The van der Waals surface area contributed by atoms with Crippen molar-refractivity contribution in [2.75, 3.05) is 13.2 Å². The van der Waals surface area contributed by atoms with Crippen molar-refractivity contribution in [2.45, 2.75) is 44.8 Å². The molecule has 2 aromatic carbocycles. The topological polar surface area (TPSA) is 138 Å². The number of benzene rings is 2. The summed E-state index contributed by atoms with van der Waals surface area (Å²) in [5.41, 5.74) is 3.58. The maximum absolute atomic E-state index is 12.5. The smallest absolute Gasteiger partial charge is 0.407 e. The Balaban J connectivity index is 1.61. The second kappa shape index (κ2) is 10.9. The van der Waals surface area contributed by atoms with E-state index in [1.165, 1.54) is 0 Å². The first-order valence-electron chi connectivity index (χ1n) is 11.2. The molecule has 1 aliphatic carbocycles. The van der Waals surface area contributed by atoms with E-state index in [9.17, 15) is 19.5 Å². The van der Waals surface area contributed by atoms with E-state index < -0.39 is 29.7 Å². The summed E-state index contributed by atoms with van der Waals surface area (Å²) < 4.78 is 10.6. The lowest BCUT2D eigenvalue weighted by atomic mass is 9.98. The highest BCUT2D eigenvalue weighted by Gasteiger charge is 2.30. The Bertz CT molecular complexity index is 1110. The third-order valence-electron chi connectivity index (χ3n) is 5.34. The number of esters is 1. The highest BCUT2D eigenvalue weighted by molar-refractivity contribution is 6.30. The molecule has 3 rings (SSSR count). The van der Waals surface area contributed by atoms with Gasteiger partial charge in [-0.2, -0.15) is 0 Å². The zero-order valence-electron chi connectivity index (χ0n) is 19.9. The van der Waals surface area contributed by atoms with Crippen LogP contribution in [0.15, 0.2) is 53.5 Å². The Morgan fingerprint density at radius 1 is 1.09 bits per heavy atom. The van der Waals surface area contributed by atoms with Gasteiger partial charge in [0.05, 0.1) is 5.71 Å². The molecule has 0 radical (unpaired) electrons. The van der Waals surface area contributed by atoms with Crippen LogP contribution in [0.25, 0.3) is 11.1 Å². The second-order valence-electron chi connectivity index (χ2n) is 9.10. The summed E-state index contributed by atoms with van der Waals surface area (Å²) >= 11 is 0. The van der Waals surface area contributed by atoms with Gasteiger partial charge in [-0.15, -0.1) is 0 Å². The third-order valence-corrected chi connectivity index (χ3v) is 5.34. The van der Waals surface area contributed by atoms with Gasteiger partial charge in [-0.1, -0.05) is 48.5 Å². The number of carboxylic acids is 1. The minimum atomic E-state index is -1.38. The minimum Gasteiger partial charge on any atom is -0.480 e. The molecular weight excluding hydrogens is 450 g/mol. The van der Waals surface area contributed by atoms with Crippen LogP contribution in [0.1, 0.15) is 44.2 Å². The molecule has 0 bridgehead atoms. The van der Waals surface area contributed by atoms with Crippen molar-refractivity contribution < 1.29 is 29.0 Å². The molecule has 35 heavy (non-hydrogen) atoms. The number of carbonyl (C=O) groups excluding carboxylic acids is 2. The Labute approximate surface area is 203 Å². The van der Waals surface area contributed by atoms with Crippen molar-refractivity contribution in [3.63, 3.8) is 0 Å². The number of hydrogen-bond donors (Lipinski definition) is 3. The van der Waals surface area contributed by atoms with Gasteiger partial charge in [0, 0.05) is 18.6 Å². The van der Waals surface area contributed by atoms with Crippen LogP contribution in [0.2, 0.25) is 0 Å². The molecular formula is C26H29N3O6. The van der Waals surface area contributed by atoms with E-state index in [0.29, 0.717) is 0 Å². The van der Waals surface area contributed by atoms with Gasteiger partial charge in [0.15, 0.2) is 0 Å². The number of carboxylic acid groups (broad SMARTS) is 1. The predicted molar refractivity (Wildman–Crippen MR) is 131 cm³/mol. The van der Waals surface area contributed by atoms with Crippen molar-refractivity contribution >= 4 is 30.0 Å². The Morgan fingerprint density at radius 2 is 1.66 bits per heavy atom. The molecule has 184 valence electrons. The molecule has 9 heteroatoms. The molecule has 0 spiro atoms. The maximum atomic E-state index is 12.5. The molecule has 0 saturated carbocycles. The number of carbonyl (C=O) groups is 3. The van der Waals surface area contributed by atoms with Crippen LogP contribution in [0.4, 0.5) is 4.79 Å². The van der Waals surface area contributed by atoms with E-state index in [0.717, 1.165) is 28.5 Å². The van der Waals surface area contributed by atoms with Crippen molar-refractivity contribution in [2.24, 2.45) is 4.99 Å². The first-order valence-corrected chi connectivity index (χ1v) is 11.2. The van der Waals surface area contributed by atoms with Crippen LogP contribution in [0, 0.1) is 5.41 Å². The molecule has 0 aliphatic heterocycles. The number of aliphatic imine (C=N–C) groups is 1. The lowest BCUT2D eigenvalue weighted by molar-refractivity contribution is -0.152. The van der Waals surface area contributed by atoms with E-state index in [2.05, 4.69) is 10.3 Å². The number of alkyl carbamates (subject to hydrolysis) is 1. The number of hydrogen-bond acceptors (Lipinski definition) is 7. The van der Waals surface area contributed by atoms with Gasteiger partial charge in [-0.3, -0.25) is 9.79 Å². The van der Waals surface area contributed by atoms with E-state index in [1.807, 2.05) is 48.5 Å². The van der Waals surface area contributed by atoms with Crippen molar-refractivity contribution in [3.05, 3.63) is 59.7 Å². The summed E-state index contributed by atoms with van der Waals surface area (Å²) in [6, 6.07) is 14.4. The van der Waals surface area contributed by atoms with Crippen LogP contribution < -0.4 is 5.32 Å². The van der Waals surface area contributed by atoms with Crippen molar-refractivity contribution in [3.8, 4) is 11.1 Å². The SMILES string of the molecule is CC(C)(C)OC(=O)CN=C(C=N)C[C@@H](NC(=O)OCC1c2ccccc2-c2ccccc21)C(=O)O. The predicted octanol–water partition coefficient (Wildman–Crippen LogP) is 3.80. The largest absolute Gasteiger partial charge is 0.480 e. The monoisotopic (exact) mass is 479 g/mol. The van der Waals surface area contributed by atoms with Gasteiger partial charge >= 0.3 is 18.0 Å². The normalized spacial score (nSPS) is 13.9. The summed E-state index contributed by atoms with van der Waals surface area (Å²) in [6.45, 7) is 4.82. The summed E-state index contributed by atoms with van der Waals surface area (Å²) in [4.78, 5) is 40.0. The number of aliphatic carboxylic acids is 1. The fourth-order valence-corrected chi connectivity index (χ4v) is 3.90. The fourth-order valence-electron chi connectivity index (χ4n) is 3.90. The van der Waals surface area contributed by atoms with Crippen molar-refractivity contribution in [1.82, 2.24) is 5.32 Å². The lowest BCUT2D eigenvalue weighted by Gasteiger charge is -2.19. The molecule has 0 fully saturated rings. The molecule has 3 N–H and O–H groups in total. The molecule has 9 nitrogen and oxygen atoms in total. The molecule has 0 aromatic heterocycles. The number of nitrogens with one attached hydrogen (secondary N) is 2. The average Bonchev–Trinajstić information content (AvgIpc) is 3.12. The number of nitrogens with zero attached hydrogens (tertiary/aromatic N) is 1.